The molecule has 2 aromatic heterocycles. The van der Waals surface area contributed by atoms with Crippen LogP contribution in [0, 0.1) is 6.92 Å². The monoisotopic (exact) mass is 542 g/mol. The van der Waals surface area contributed by atoms with Crippen molar-refractivity contribution in [2.75, 3.05) is 11.1 Å². The summed E-state index contributed by atoms with van der Waals surface area (Å²) >= 11 is 14.6. The van der Waals surface area contributed by atoms with E-state index in [4.69, 9.17) is 23.2 Å². The molecule has 1 amide bonds. The summed E-state index contributed by atoms with van der Waals surface area (Å²) in [7, 11) is 0. The number of aryl methyl sites for hydroxylation is 1. The summed E-state index contributed by atoms with van der Waals surface area (Å²) in [5.74, 6) is -0.330. The van der Waals surface area contributed by atoms with E-state index < -0.39 is 11.7 Å². The fourth-order valence-corrected chi connectivity index (χ4v) is 4.86. The number of amides is 1. The second kappa shape index (κ2) is 9.99. The summed E-state index contributed by atoms with van der Waals surface area (Å²) in [5, 5.41) is 5.97. The van der Waals surface area contributed by atoms with Crippen LogP contribution in [0.1, 0.15) is 11.3 Å². The summed E-state index contributed by atoms with van der Waals surface area (Å²) in [6.07, 6.45) is -3.00. The van der Waals surface area contributed by atoms with Gasteiger partial charge in [-0.15, -0.1) is 11.3 Å². The average molecular weight is 543 g/mol. The van der Waals surface area contributed by atoms with Gasteiger partial charge in [-0.25, -0.2) is 9.97 Å². The quantitative estimate of drug-likeness (QED) is 0.258. The van der Waals surface area contributed by atoms with E-state index in [1.165, 1.54) is 23.6 Å². The molecule has 2 aromatic carbocycles. The molecule has 5 nitrogen and oxygen atoms in total. The minimum Gasteiger partial charge on any atom is -0.301 e. The molecule has 1 N–H and O–H groups in total. The number of halogens is 5. The summed E-state index contributed by atoms with van der Waals surface area (Å²) in [4.78, 5) is 21.0. The maximum absolute atomic E-state index is 13.4. The molecule has 0 bridgehead atoms. The predicted octanol–water partition coefficient (Wildman–Crippen LogP) is 7.36. The SMILES string of the molecule is Cc1csc(NC(=O)CSc2ncc(-c3ccc(Cl)c(Cl)c3)n2-c2cccc(C(F)(F)F)c2)n1. The Hall–Kier alpha value is -2.53. The number of nitrogens with zero attached hydrogens (tertiary/aromatic N) is 3. The number of anilines is 1. The Morgan fingerprint density at radius 1 is 1.18 bits per heavy atom. The summed E-state index contributed by atoms with van der Waals surface area (Å²) < 4.78 is 41.7. The number of carbonyl (C=O) groups excluding carboxylic acids is 1. The van der Waals surface area contributed by atoms with Crippen LogP contribution in [0.25, 0.3) is 16.9 Å². The maximum Gasteiger partial charge on any atom is 0.416 e. The molecule has 34 heavy (non-hydrogen) atoms. The van der Waals surface area contributed by atoms with Crippen LogP contribution >= 0.6 is 46.3 Å². The molecule has 0 saturated carbocycles. The minimum absolute atomic E-state index is 0.0184. The first kappa shape index (κ1) is 24.6. The van der Waals surface area contributed by atoms with Crippen molar-refractivity contribution in [3.05, 3.63) is 75.3 Å². The zero-order valence-corrected chi connectivity index (χ0v) is 20.5. The zero-order valence-electron chi connectivity index (χ0n) is 17.4. The van der Waals surface area contributed by atoms with Gasteiger partial charge in [-0.1, -0.05) is 47.1 Å². The van der Waals surface area contributed by atoms with Crippen molar-refractivity contribution in [2.24, 2.45) is 0 Å². The summed E-state index contributed by atoms with van der Waals surface area (Å²) in [5.41, 5.74) is 1.34. The predicted molar refractivity (Wildman–Crippen MR) is 130 cm³/mol. The van der Waals surface area contributed by atoms with E-state index in [0.717, 1.165) is 29.6 Å². The van der Waals surface area contributed by atoms with E-state index >= 15 is 0 Å². The fourth-order valence-electron chi connectivity index (χ4n) is 3.06. The molecule has 0 aliphatic carbocycles. The largest absolute Gasteiger partial charge is 0.416 e. The third-order valence-electron chi connectivity index (χ3n) is 4.57. The van der Waals surface area contributed by atoms with E-state index in [9.17, 15) is 18.0 Å². The number of alkyl halides is 3. The van der Waals surface area contributed by atoms with Crippen LogP contribution in [0.15, 0.2) is 59.2 Å². The highest BCUT2D eigenvalue weighted by atomic mass is 35.5. The van der Waals surface area contributed by atoms with E-state index in [-0.39, 0.29) is 17.3 Å². The van der Waals surface area contributed by atoms with Gasteiger partial charge in [0, 0.05) is 16.6 Å². The van der Waals surface area contributed by atoms with Crippen LogP contribution in [0.4, 0.5) is 18.3 Å². The second-order valence-electron chi connectivity index (χ2n) is 7.07. The molecule has 0 aliphatic rings. The van der Waals surface area contributed by atoms with Crippen molar-refractivity contribution in [3.63, 3.8) is 0 Å². The van der Waals surface area contributed by atoms with Crippen LogP contribution in [0.5, 0.6) is 0 Å². The Labute approximate surface area is 210 Å². The number of hydrogen-bond donors (Lipinski definition) is 1. The van der Waals surface area contributed by atoms with Crippen LogP contribution < -0.4 is 5.32 Å². The molecule has 0 saturated heterocycles. The number of rotatable bonds is 6. The maximum atomic E-state index is 13.4. The number of thiazole rings is 1. The molecular formula is C22H15Cl2F3N4OS2. The lowest BCUT2D eigenvalue weighted by atomic mass is 10.1. The first-order chi connectivity index (χ1) is 16.1. The van der Waals surface area contributed by atoms with E-state index in [0.29, 0.717) is 31.6 Å². The van der Waals surface area contributed by atoms with Gasteiger partial charge in [-0.05, 0) is 37.3 Å². The Kier molecular flexibility index (Phi) is 7.22. The van der Waals surface area contributed by atoms with Crippen LogP contribution in [-0.4, -0.2) is 26.2 Å². The molecule has 4 aromatic rings. The standard InChI is InChI=1S/C22H15Cl2F3N4OS2/c1-12-10-33-20(29-12)30-19(32)11-34-21-28-9-18(13-5-6-16(23)17(24)7-13)31(21)15-4-2-3-14(8-15)22(25,26)27/h2-10H,11H2,1H3,(H,29,30,32). The van der Waals surface area contributed by atoms with Gasteiger partial charge in [0.2, 0.25) is 5.91 Å². The van der Waals surface area contributed by atoms with Crippen molar-refractivity contribution >= 4 is 57.3 Å². The molecule has 4 rings (SSSR count). The molecule has 0 fully saturated rings. The Morgan fingerprint density at radius 2 is 1.97 bits per heavy atom. The first-order valence-electron chi connectivity index (χ1n) is 9.67. The molecule has 2 heterocycles. The van der Waals surface area contributed by atoms with Crippen LogP contribution in [0.3, 0.4) is 0 Å². The number of thioether (sulfide) groups is 1. The normalized spacial score (nSPS) is 11.6. The van der Waals surface area contributed by atoms with E-state index in [1.54, 1.807) is 28.8 Å². The van der Waals surface area contributed by atoms with Crippen molar-refractivity contribution in [2.45, 2.75) is 18.3 Å². The summed E-state index contributed by atoms with van der Waals surface area (Å²) in [6, 6.07) is 9.79. The van der Waals surface area contributed by atoms with Gasteiger partial charge in [0.1, 0.15) is 0 Å². The topological polar surface area (TPSA) is 59.8 Å². The molecule has 0 unspecified atom stereocenters. The van der Waals surface area contributed by atoms with E-state index in [1.807, 2.05) is 12.3 Å². The van der Waals surface area contributed by atoms with Gasteiger partial charge in [-0.3, -0.25) is 9.36 Å². The van der Waals surface area contributed by atoms with Gasteiger partial charge < -0.3 is 5.32 Å². The molecular weight excluding hydrogens is 528 g/mol. The highest BCUT2D eigenvalue weighted by molar-refractivity contribution is 7.99. The smallest absolute Gasteiger partial charge is 0.301 e. The highest BCUT2D eigenvalue weighted by Gasteiger charge is 2.31. The van der Waals surface area contributed by atoms with Crippen molar-refractivity contribution in [3.8, 4) is 16.9 Å². The van der Waals surface area contributed by atoms with Gasteiger partial charge in [-0.2, -0.15) is 13.2 Å². The van der Waals surface area contributed by atoms with Crippen molar-refractivity contribution in [1.29, 1.82) is 0 Å². The number of carbonyl (C=O) groups is 1. The fraction of sp³-hybridized carbons (Fsp3) is 0.136. The van der Waals surface area contributed by atoms with Gasteiger partial charge in [0.05, 0.1) is 38.9 Å². The third kappa shape index (κ3) is 5.57. The lowest BCUT2D eigenvalue weighted by Gasteiger charge is -2.15. The first-order valence-corrected chi connectivity index (χ1v) is 12.3. The average Bonchev–Trinajstić information content (AvgIpc) is 3.39. The van der Waals surface area contributed by atoms with Gasteiger partial charge >= 0.3 is 6.18 Å². The number of hydrogen-bond acceptors (Lipinski definition) is 5. The number of imidazole rings is 1. The van der Waals surface area contributed by atoms with Gasteiger partial charge in [0.25, 0.3) is 0 Å². The molecule has 12 heteroatoms. The molecule has 0 radical (unpaired) electrons. The second-order valence-corrected chi connectivity index (χ2v) is 9.68. The van der Waals surface area contributed by atoms with Crippen LogP contribution in [0.2, 0.25) is 10.0 Å². The number of aromatic nitrogens is 3. The molecule has 0 aliphatic heterocycles. The lowest BCUT2D eigenvalue weighted by Crippen LogP contribution is -2.14. The zero-order chi connectivity index (χ0) is 24.5. The van der Waals surface area contributed by atoms with Crippen molar-refractivity contribution < 1.29 is 18.0 Å². The van der Waals surface area contributed by atoms with Crippen LogP contribution in [-0.2, 0) is 11.0 Å². The number of benzene rings is 2. The molecule has 176 valence electrons. The van der Waals surface area contributed by atoms with Crippen molar-refractivity contribution in [1.82, 2.24) is 14.5 Å². The highest BCUT2D eigenvalue weighted by Crippen LogP contribution is 2.35. The molecule has 0 atom stereocenters. The van der Waals surface area contributed by atoms with Gasteiger partial charge in [0.15, 0.2) is 10.3 Å². The summed E-state index contributed by atoms with van der Waals surface area (Å²) in [6.45, 7) is 1.82. The number of nitrogens with one attached hydrogen (secondary N) is 1. The molecule has 0 spiro atoms. The minimum atomic E-state index is -4.51. The van der Waals surface area contributed by atoms with E-state index in [2.05, 4.69) is 15.3 Å². The third-order valence-corrected chi connectivity index (χ3v) is 7.14. The Bertz CT molecular complexity index is 1350. The lowest BCUT2D eigenvalue weighted by molar-refractivity contribution is -0.137. The Morgan fingerprint density at radius 3 is 2.65 bits per heavy atom. The Balaban J connectivity index is 1.70.